The van der Waals surface area contributed by atoms with Gasteiger partial charge < -0.3 is 25.6 Å². The van der Waals surface area contributed by atoms with Crippen molar-refractivity contribution < 1.29 is 24.2 Å². The quantitative estimate of drug-likeness (QED) is 0.162. The fraction of sp³-hybridized carbons (Fsp3) is 0.290. The molecular formula is C31H37N3O5. The van der Waals surface area contributed by atoms with Crippen molar-refractivity contribution in [1.29, 1.82) is 0 Å². The molecule has 8 nitrogen and oxygen atoms in total. The van der Waals surface area contributed by atoms with Gasteiger partial charge in [-0.3, -0.25) is 10.1 Å². The number of carbonyl (C=O) groups excluding carboxylic acids is 2. The van der Waals surface area contributed by atoms with Crippen LogP contribution in [0.1, 0.15) is 43.9 Å². The van der Waals surface area contributed by atoms with Crippen molar-refractivity contribution in [3.05, 3.63) is 96.1 Å². The summed E-state index contributed by atoms with van der Waals surface area (Å²) in [7, 11) is 0. The Morgan fingerprint density at radius 1 is 1.00 bits per heavy atom. The summed E-state index contributed by atoms with van der Waals surface area (Å²) in [4.78, 5) is 25.2. The lowest BCUT2D eigenvalue weighted by Crippen LogP contribution is -2.29. The summed E-state index contributed by atoms with van der Waals surface area (Å²) < 4.78 is 11.5. The van der Waals surface area contributed by atoms with Gasteiger partial charge in [-0.1, -0.05) is 61.9 Å². The van der Waals surface area contributed by atoms with Crippen molar-refractivity contribution >= 4 is 29.1 Å². The van der Waals surface area contributed by atoms with Gasteiger partial charge in [-0.15, -0.1) is 0 Å². The highest BCUT2D eigenvalue weighted by Gasteiger charge is 2.34. The van der Waals surface area contributed by atoms with E-state index in [-0.39, 0.29) is 19.1 Å². The first kappa shape index (κ1) is 29.3. The summed E-state index contributed by atoms with van der Waals surface area (Å²) in [6.07, 6.45) is 3.35. The molecule has 0 radical (unpaired) electrons. The number of nitrogens with one attached hydrogen (secondary N) is 2. The highest BCUT2D eigenvalue weighted by molar-refractivity contribution is 6.01. The Balaban J connectivity index is 1.69. The lowest BCUT2D eigenvalue weighted by Gasteiger charge is -2.34. The zero-order valence-corrected chi connectivity index (χ0v) is 22.6. The van der Waals surface area contributed by atoms with Gasteiger partial charge in [0.25, 0.3) is 0 Å². The summed E-state index contributed by atoms with van der Waals surface area (Å²) in [5, 5.41) is 14.6. The molecule has 0 aromatic heterocycles. The van der Waals surface area contributed by atoms with Crippen LogP contribution in [-0.2, 0) is 9.53 Å². The number of allylic oxidation sites excluding steroid dienone is 1. The van der Waals surface area contributed by atoms with Crippen LogP contribution in [0.2, 0.25) is 0 Å². The van der Waals surface area contributed by atoms with Crippen molar-refractivity contribution in [3.8, 4) is 5.75 Å². The van der Waals surface area contributed by atoms with Gasteiger partial charge in [-0.2, -0.15) is 0 Å². The Morgan fingerprint density at radius 2 is 1.69 bits per heavy atom. The van der Waals surface area contributed by atoms with E-state index in [0.717, 1.165) is 11.1 Å². The lowest BCUT2D eigenvalue weighted by molar-refractivity contribution is -0.111. The summed E-state index contributed by atoms with van der Waals surface area (Å²) in [6.45, 7) is 6.13. The first-order valence-corrected chi connectivity index (χ1v) is 12.9. The van der Waals surface area contributed by atoms with Crippen LogP contribution in [0.15, 0.2) is 84.9 Å². The average Bonchev–Trinajstić information content (AvgIpc) is 2.91. The summed E-state index contributed by atoms with van der Waals surface area (Å²) >= 11 is 0. The van der Waals surface area contributed by atoms with Crippen molar-refractivity contribution in [2.45, 2.75) is 39.7 Å². The fourth-order valence-corrected chi connectivity index (χ4v) is 4.03. The van der Waals surface area contributed by atoms with Gasteiger partial charge in [0, 0.05) is 11.1 Å². The standard InChI is InChI=1S/C31H37N3O5/c1-22-11-15-24(16-12-22)33-30(37)39-29(23-13-17-25(18-14-23)38-21-20-35)31(2,3)19-7-6-10-28(36)34-27-9-5-4-8-26(27)32/h4-6,8-18,29,35H,7,19-21,32H2,1-3H3,(H,33,37)(H,34,36)/b10-6+/t29-/m1/s1. The Hall–Kier alpha value is -4.30. The highest BCUT2D eigenvalue weighted by Crippen LogP contribution is 2.41. The maximum atomic E-state index is 12.9. The molecule has 0 aliphatic heterocycles. The summed E-state index contributed by atoms with van der Waals surface area (Å²) in [5.41, 5.74) is 9.00. The lowest BCUT2D eigenvalue weighted by atomic mass is 9.78. The Bertz CT molecular complexity index is 1250. The highest BCUT2D eigenvalue weighted by atomic mass is 16.6. The maximum absolute atomic E-state index is 12.9. The van der Waals surface area contributed by atoms with Crippen LogP contribution in [0.4, 0.5) is 21.9 Å². The van der Waals surface area contributed by atoms with Gasteiger partial charge in [0.2, 0.25) is 5.91 Å². The van der Waals surface area contributed by atoms with E-state index >= 15 is 0 Å². The van der Waals surface area contributed by atoms with Crippen molar-refractivity contribution in [2.24, 2.45) is 5.41 Å². The van der Waals surface area contributed by atoms with Crippen molar-refractivity contribution in [2.75, 3.05) is 29.6 Å². The number of rotatable bonds is 12. The summed E-state index contributed by atoms with van der Waals surface area (Å²) in [6, 6.07) is 21.8. The second-order valence-corrected chi connectivity index (χ2v) is 9.92. The number of aliphatic hydroxyl groups excluding tert-OH is 1. The van der Waals surface area contributed by atoms with E-state index < -0.39 is 17.6 Å². The molecule has 1 atom stereocenters. The molecule has 0 heterocycles. The maximum Gasteiger partial charge on any atom is 0.412 e. The first-order valence-electron chi connectivity index (χ1n) is 12.9. The number of ether oxygens (including phenoxy) is 2. The van der Waals surface area contributed by atoms with Gasteiger partial charge in [-0.25, -0.2) is 4.79 Å². The molecule has 5 N–H and O–H groups in total. The third-order valence-electron chi connectivity index (χ3n) is 6.22. The Kier molecular flexibility index (Phi) is 10.5. The number of carbonyl (C=O) groups is 2. The third kappa shape index (κ3) is 9.19. The van der Waals surface area contributed by atoms with Crippen LogP contribution in [0.3, 0.4) is 0 Å². The van der Waals surface area contributed by atoms with Crippen LogP contribution in [0, 0.1) is 12.3 Å². The number of benzene rings is 3. The zero-order chi connectivity index (χ0) is 28.3. The van der Waals surface area contributed by atoms with Crippen LogP contribution < -0.4 is 21.1 Å². The molecule has 3 aromatic rings. The number of para-hydroxylation sites is 2. The monoisotopic (exact) mass is 531 g/mol. The van der Waals surface area contributed by atoms with Gasteiger partial charge in [0.05, 0.1) is 18.0 Å². The Labute approximate surface area is 229 Å². The smallest absolute Gasteiger partial charge is 0.412 e. The van der Waals surface area contributed by atoms with E-state index in [4.69, 9.17) is 20.3 Å². The predicted molar refractivity (Wildman–Crippen MR) is 155 cm³/mol. The van der Waals surface area contributed by atoms with Crippen LogP contribution in [0.5, 0.6) is 5.75 Å². The summed E-state index contributed by atoms with van der Waals surface area (Å²) in [5.74, 6) is 0.343. The molecule has 0 spiro atoms. The number of hydrogen-bond donors (Lipinski definition) is 4. The topological polar surface area (TPSA) is 123 Å². The zero-order valence-electron chi connectivity index (χ0n) is 22.6. The molecule has 0 bridgehead atoms. The number of hydrogen-bond acceptors (Lipinski definition) is 6. The molecule has 0 aliphatic carbocycles. The molecule has 0 saturated heterocycles. The second-order valence-electron chi connectivity index (χ2n) is 9.92. The van der Waals surface area contributed by atoms with Crippen LogP contribution in [0.25, 0.3) is 0 Å². The second kappa shape index (κ2) is 14.0. The number of anilines is 3. The van der Waals surface area contributed by atoms with Gasteiger partial charge in [0.15, 0.2) is 0 Å². The predicted octanol–water partition coefficient (Wildman–Crippen LogP) is 6.24. The van der Waals surface area contributed by atoms with Crippen LogP contribution >= 0.6 is 0 Å². The average molecular weight is 532 g/mol. The largest absolute Gasteiger partial charge is 0.491 e. The molecule has 0 aliphatic rings. The molecule has 2 amide bonds. The van der Waals surface area contributed by atoms with Crippen molar-refractivity contribution in [1.82, 2.24) is 0 Å². The Morgan fingerprint density at radius 3 is 2.36 bits per heavy atom. The minimum absolute atomic E-state index is 0.0794. The number of aliphatic hydroxyl groups is 1. The normalized spacial score (nSPS) is 12.1. The van der Waals surface area contributed by atoms with E-state index in [2.05, 4.69) is 10.6 Å². The van der Waals surface area contributed by atoms with Gasteiger partial charge in [0.1, 0.15) is 18.5 Å². The molecule has 0 fully saturated rings. The van der Waals surface area contributed by atoms with Crippen LogP contribution in [-0.4, -0.2) is 30.3 Å². The molecular weight excluding hydrogens is 494 g/mol. The number of nitrogens with two attached hydrogens (primary N) is 1. The molecule has 3 aromatic carbocycles. The van der Waals surface area contributed by atoms with E-state index in [9.17, 15) is 9.59 Å². The van der Waals surface area contributed by atoms with E-state index in [1.54, 1.807) is 42.5 Å². The molecule has 206 valence electrons. The first-order chi connectivity index (χ1) is 18.7. The van der Waals surface area contributed by atoms with Gasteiger partial charge in [-0.05, 0) is 67.8 Å². The number of aryl methyl sites for hydroxylation is 1. The van der Waals surface area contributed by atoms with E-state index in [1.807, 2.05) is 57.2 Å². The van der Waals surface area contributed by atoms with Crippen molar-refractivity contribution in [3.63, 3.8) is 0 Å². The van der Waals surface area contributed by atoms with E-state index in [1.165, 1.54) is 6.08 Å². The molecule has 8 heteroatoms. The minimum Gasteiger partial charge on any atom is -0.491 e. The SMILES string of the molecule is Cc1ccc(NC(=O)O[C@H](c2ccc(OCCO)cc2)C(C)(C)CC/C=C/C(=O)Nc2ccccc2N)cc1. The molecule has 39 heavy (non-hydrogen) atoms. The van der Waals surface area contributed by atoms with E-state index in [0.29, 0.717) is 35.7 Å². The number of amides is 2. The molecule has 3 rings (SSSR count). The molecule has 0 saturated carbocycles. The molecule has 0 unspecified atom stereocenters. The minimum atomic E-state index is -0.582. The third-order valence-corrected chi connectivity index (χ3v) is 6.22. The fourth-order valence-electron chi connectivity index (χ4n) is 4.03. The number of nitrogen functional groups attached to an aromatic ring is 1. The van der Waals surface area contributed by atoms with Gasteiger partial charge >= 0.3 is 6.09 Å².